The van der Waals surface area contributed by atoms with Crippen molar-refractivity contribution in [2.45, 2.75) is 13.8 Å². The largest absolute Gasteiger partial charge is 0.375 e. The minimum atomic E-state index is -0.114. The lowest BCUT2D eigenvalue weighted by molar-refractivity contribution is 0.115. The van der Waals surface area contributed by atoms with E-state index < -0.39 is 0 Å². The molecule has 0 amide bonds. The molecule has 0 aromatic heterocycles. The zero-order valence-corrected chi connectivity index (χ0v) is 7.51. The molecule has 0 aliphatic heterocycles. The van der Waals surface area contributed by atoms with Gasteiger partial charge in [-0.05, 0) is 19.9 Å². The first kappa shape index (κ1) is 10.8. The standard InChI is InChI=1S/C8H15N3O/c1-3-5-6-9-7-11(8-12)10-4-2/h3-6,12H,7-8H2,1-2H3/b5-3-,9-6?,10-4+. The number of hydrogen-bond acceptors (Lipinski definition) is 4. The Bertz CT molecular complexity index is 175. The van der Waals surface area contributed by atoms with Crippen LogP contribution in [0, 0.1) is 0 Å². The predicted octanol–water partition coefficient (Wildman–Crippen LogP) is 0.848. The molecular weight excluding hydrogens is 154 g/mol. The van der Waals surface area contributed by atoms with Crippen LogP contribution in [0.25, 0.3) is 0 Å². The van der Waals surface area contributed by atoms with Crippen LogP contribution in [-0.2, 0) is 0 Å². The monoisotopic (exact) mass is 169 g/mol. The molecule has 0 saturated carbocycles. The minimum absolute atomic E-state index is 0.114. The van der Waals surface area contributed by atoms with Crippen molar-refractivity contribution in [3.63, 3.8) is 0 Å². The second kappa shape index (κ2) is 7.94. The van der Waals surface area contributed by atoms with Crippen LogP contribution >= 0.6 is 0 Å². The Labute approximate surface area is 72.9 Å². The molecule has 68 valence electrons. The van der Waals surface area contributed by atoms with Crippen LogP contribution in [0.4, 0.5) is 0 Å². The third kappa shape index (κ3) is 5.61. The molecule has 0 aromatic rings. The summed E-state index contributed by atoms with van der Waals surface area (Å²) >= 11 is 0. The SMILES string of the molecule is C/C=C\C=NCN(CO)/N=C/C. The second-order valence-electron chi connectivity index (χ2n) is 2.02. The maximum Gasteiger partial charge on any atom is 0.133 e. The van der Waals surface area contributed by atoms with E-state index in [1.807, 2.05) is 19.1 Å². The van der Waals surface area contributed by atoms with Crippen LogP contribution in [0.5, 0.6) is 0 Å². The maximum absolute atomic E-state index is 8.73. The zero-order chi connectivity index (χ0) is 9.23. The van der Waals surface area contributed by atoms with Gasteiger partial charge in [-0.25, -0.2) is 0 Å². The van der Waals surface area contributed by atoms with Gasteiger partial charge in [0.2, 0.25) is 0 Å². The van der Waals surface area contributed by atoms with Gasteiger partial charge < -0.3 is 5.11 Å². The van der Waals surface area contributed by atoms with Crippen molar-refractivity contribution in [2.24, 2.45) is 10.1 Å². The van der Waals surface area contributed by atoms with Crippen molar-refractivity contribution in [1.29, 1.82) is 0 Å². The van der Waals surface area contributed by atoms with Gasteiger partial charge in [0.25, 0.3) is 0 Å². The van der Waals surface area contributed by atoms with Crippen molar-refractivity contribution in [3.05, 3.63) is 12.2 Å². The third-order valence-electron chi connectivity index (χ3n) is 1.07. The summed E-state index contributed by atoms with van der Waals surface area (Å²) in [5, 5.41) is 14.0. The number of aliphatic hydroxyl groups excluding tert-OH is 1. The van der Waals surface area contributed by atoms with Crippen molar-refractivity contribution in [3.8, 4) is 0 Å². The number of allylic oxidation sites excluding steroid dienone is 2. The van der Waals surface area contributed by atoms with Gasteiger partial charge in [0.05, 0.1) is 0 Å². The fourth-order valence-corrected chi connectivity index (χ4v) is 0.569. The molecule has 0 fully saturated rings. The molecule has 0 unspecified atom stereocenters. The fourth-order valence-electron chi connectivity index (χ4n) is 0.569. The Kier molecular flexibility index (Phi) is 7.17. The second-order valence-corrected chi connectivity index (χ2v) is 2.02. The van der Waals surface area contributed by atoms with Gasteiger partial charge in [0, 0.05) is 12.4 Å². The molecule has 0 spiro atoms. The number of aliphatic imine (C=N–C) groups is 1. The number of hydrazone groups is 1. The van der Waals surface area contributed by atoms with Gasteiger partial charge in [0.15, 0.2) is 0 Å². The average molecular weight is 169 g/mol. The Morgan fingerprint density at radius 2 is 2.17 bits per heavy atom. The van der Waals surface area contributed by atoms with Crippen molar-refractivity contribution in [2.75, 3.05) is 13.4 Å². The van der Waals surface area contributed by atoms with Gasteiger partial charge in [-0.1, -0.05) is 6.08 Å². The first-order valence-electron chi connectivity index (χ1n) is 3.80. The van der Waals surface area contributed by atoms with E-state index in [0.29, 0.717) is 6.67 Å². The molecule has 0 saturated heterocycles. The topological polar surface area (TPSA) is 48.2 Å². The molecule has 12 heavy (non-hydrogen) atoms. The Morgan fingerprint density at radius 3 is 2.67 bits per heavy atom. The Hall–Kier alpha value is -1.16. The summed E-state index contributed by atoms with van der Waals surface area (Å²) in [6.07, 6.45) is 7.00. The van der Waals surface area contributed by atoms with E-state index >= 15 is 0 Å². The van der Waals surface area contributed by atoms with E-state index in [2.05, 4.69) is 10.1 Å². The molecule has 0 aliphatic rings. The molecule has 0 rings (SSSR count). The lowest BCUT2D eigenvalue weighted by Gasteiger charge is -2.11. The Morgan fingerprint density at radius 1 is 1.42 bits per heavy atom. The van der Waals surface area contributed by atoms with Gasteiger partial charge in [-0.2, -0.15) is 5.10 Å². The normalized spacial score (nSPS) is 12.2. The molecule has 0 radical (unpaired) electrons. The van der Waals surface area contributed by atoms with E-state index in [1.165, 1.54) is 5.01 Å². The number of nitrogens with zero attached hydrogens (tertiary/aromatic N) is 3. The average Bonchev–Trinajstić information content (AvgIpc) is 2.10. The highest BCUT2D eigenvalue weighted by atomic mass is 16.3. The Balaban J connectivity index is 3.71. The highest BCUT2D eigenvalue weighted by molar-refractivity contribution is 5.70. The van der Waals surface area contributed by atoms with Crippen molar-refractivity contribution in [1.82, 2.24) is 5.01 Å². The van der Waals surface area contributed by atoms with Crippen LogP contribution in [0.15, 0.2) is 22.2 Å². The fraction of sp³-hybridized carbons (Fsp3) is 0.500. The van der Waals surface area contributed by atoms with Crippen LogP contribution < -0.4 is 0 Å². The van der Waals surface area contributed by atoms with Gasteiger partial charge in [-0.3, -0.25) is 10.0 Å². The summed E-state index contributed by atoms with van der Waals surface area (Å²) in [5.41, 5.74) is 0. The quantitative estimate of drug-likeness (QED) is 0.377. The van der Waals surface area contributed by atoms with Crippen LogP contribution in [0.3, 0.4) is 0 Å². The highest BCUT2D eigenvalue weighted by Gasteiger charge is 1.91. The third-order valence-corrected chi connectivity index (χ3v) is 1.07. The summed E-state index contributed by atoms with van der Waals surface area (Å²) < 4.78 is 0. The van der Waals surface area contributed by atoms with E-state index in [4.69, 9.17) is 5.11 Å². The highest BCUT2D eigenvalue weighted by Crippen LogP contribution is 1.85. The van der Waals surface area contributed by atoms with Gasteiger partial charge in [0.1, 0.15) is 13.4 Å². The minimum Gasteiger partial charge on any atom is -0.375 e. The molecule has 4 heteroatoms. The van der Waals surface area contributed by atoms with E-state index in [0.717, 1.165) is 0 Å². The van der Waals surface area contributed by atoms with Crippen LogP contribution in [0.2, 0.25) is 0 Å². The van der Waals surface area contributed by atoms with Crippen LogP contribution in [-0.4, -0.2) is 35.9 Å². The molecule has 0 atom stereocenters. The molecule has 0 heterocycles. The summed E-state index contributed by atoms with van der Waals surface area (Å²) in [6.45, 7) is 3.97. The predicted molar refractivity (Wildman–Crippen MR) is 51.3 cm³/mol. The number of rotatable bonds is 5. The number of hydrogen-bond donors (Lipinski definition) is 1. The van der Waals surface area contributed by atoms with Crippen molar-refractivity contribution < 1.29 is 5.11 Å². The van der Waals surface area contributed by atoms with Crippen LogP contribution in [0.1, 0.15) is 13.8 Å². The van der Waals surface area contributed by atoms with Crippen molar-refractivity contribution >= 4 is 12.4 Å². The van der Waals surface area contributed by atoms with E-state index in [-0.39, 0.29) is 6.73 Å². The van der Waals surface area contributed by atoms with Gasteiger partial charge >= 0.3 is 0 Å². The van der Waals surface area contributed by atoms with E-state index in [9.17, 15) is 0 Å². The molecule has 0 bridgehead atoms. The molecule has 0 aliphatic carbocycles. The zero-order valence-electron chi connectivity index (χ0n) is 7.51. The molecule has 0 aromatic carbocycles. The summed E-state index contributed by atoms with van der Waals surface area (Å²) in [7, 11) is 0. The smallest absolute Gasteiger partial charge is 0.133 e. The first-order chi connectivity index (χ1) is 5.85. The van der Waals surface area contributed by atoms with Gasteiger partial charge in [-0.15, -0.1) is 0 Å². The molecule has 1 N–H and O–H groups in total. The summed E-state index contributed by atoms with van der Waals surface area (Å²) in [5.74, 6) is 0. The lowest BCUT2D eigenvalue weighted by atomic mass is 10.6. The number of aliphatic hydroxyl groups is 1. The lowest BCUT2D eigenvalue weighted by Crippen LogP contribution is -2.18. The maximum atomic E-state index is 8.73. The first-order valence-corrected chi connectivity index (χ1v) is 3.80. The molecular formula is C8H15N3O. The molecule has 4 nitrogen and oxygen atoms in total. The van der Waals surface area contributed by atoms with E-state index in [1.54, 1.807) is 19.4 Å². The summed E-state index contributed by atoms with van der Waals surface area (Å²) in [4.78, 5) is 3.99. The summed E-state index contributed by atoms with van der Waals surface area (Å²) in [6, 6.07) is 0.